The Morgan fingerprint density at radius 2 is 2.06 bits per heavy atom. The van der Waals surface area contributed by atoms with Gasteiger partial charge in [0.2, 0.25) is 0 Å². The molecule has 1 aromatic carbocycles. The average molecular weight is 442 g/mol. The molecule has 2 heterocycles. The topological polar surface area (TPSA) is 85.3 Å². The van der Waals surface area contributed by atoms with E-state index in [1.165, 1.54) is 12.8 Å². The van der Waals surface area contributed by atoms with Crippen LogP contribution in [0.2, 0.25) is 0 Å². The minimum Gasteiger partial charge on any atom is -0.477 e. The summed E-state index contributed by atoms with van der Waals surface area (Å²) >= 11 is 0. The van der Waals surface area contributed by atoms with E-state index in [1.807, 2.05) is 6.07 Å². The van der Waals surface area contributed by atoms with Crippen LogP contribution in [0, 0.1) is 5.92 Å². The SMILES string of the molecule is CC(C)(C)OC(=O)Oc1ccc2c3c1O[C@H]1C(=O)CC[C@@]4(O)[C@@H](C2)N(CC2CC2)CC[C@]314. The highest BCUT2D eigenvalue weighted by Crippen LogP contribution is 2.65. The quantitative estimate of drug-likeness (QED) is 0.570. The Hall–Kier alpha value is -2.12. The van der Waals surface area contributed by atoms with Gasteiger partial charge in [0.15, 0.2) is 23.4 Å². The van der Waals surface area contributed by atoms with Crippen molar-refractivity contribution in [2.75, 3.05) is 13.1 Å². The molecule has 2 bridgehead atoms. The summed E-state index contributed by atoms with van der Waals surface area (Å²) in [5.41, 5.74) is -0.521. The first-order valence-electron chi connectivity index (χ1n) is 11.9. The van der Waals surface area contributed by atoms with Gasteiger partial charge in [-0.2, -0.15) is 0 Å². The minimum atomic E-state index is -1.03. The van der Waals surface area contributed by atoms with Crippen molar-refractivity contribution in [3.63, 3.8) is 0 Å². The number of carbonyl (C=O) groups excluding carboxylic acids is 2. The van der Waals surface area contributed by atoms with Gasteiger partial charge in [-0.1, -0.05) is 6.07 Å². The van der Waals surface area contributed by atoms with Crippen LogP contribution in [-0.2, 0) is 21.4 Å². The molecule has 0 aromatic heterocycles. The van der Waals surface area contributed by atoms with Gasteiger partial charge in [-0.25, -0.2) is 4.79 Å². The van der Waals surface area contributed by atoms with Gasteiger partial charge in [-0.3, -0.25) is 9.69 Å². The molecule has 2 aliphatic heterocycles. The van der Waals surface area contributed by atoms with Crippen molar-refractivity contribution >= 4 is 11.9 Å². The average Bonchev–Trinajstić information content (AvgIpc) is 3.43. The van der Waals surface area contributed by atoms with Crippen LogP contribution >= 0.6 is 0 Å². The number of piperidine rings is 1. The smallest absolute Gasteiger partial charge is 0.477 e. The number of ketones is 1. The number of hydrogen-bond donors (Lipinski definition) is 1. The van der Waals surface area contributed by atoms with Crippen molar-refractivity contribution in [2.45, 2.75) is 88.1 Å². The summed E-state index contributed by atoms with van der Waals surface area (Å²) in [4.78, 5) is 27.9. The van der Waals surface area contributed by atoms with Crippen molar-refractivity contribution in [3.8, 4) is 11.5 Å². The summed E-state index contributed by atoms with van der Waals surface area (Å²) < 4.78 is 17.2. The second kappa shape index (κ2) is 6.48. The normalized spacial score (nSPS) is 35.2. The van der Waals surface area contributed by atoms with Gasteiger partial charge in [-0.05, 0) is 77.0 Å². The van der Waals surface area contributed by atoms with Gasteiger partial charge in [0.25, 0.3) is 0 Å². The zero-order valence-corrected chi connectivity index (χ0v) is 19.0. The molecule has 2 saturated carbocycles. The molecule has 1 spiro atoms. The van der Waals surface area contributed by atoms with Gasteiger partial charge < -0.3 is 19.3 Å². The fraction of sp³-hybridized carbons (Fsp3) is 0.680. The summed E-state index contributed by atoms with van der Waals surface area (Å²) in [6.07, 6.45) is 3.13. The van der Waals surface area contributed by atoms with E-state index in [9.17, 15) is 14.7 Å². The van der Waals surface area contributed by atoms with Gasteiger partial charge in [-0.15, -0.1) is 0 Å². The Morgan fingerprint density at radius 1 is 1.28 bits per heavy atom. The zero-order valence-electron chi connectivity index (χ0n) is 19.0. The Labute approximate surface area is 188 Å². The molecule has 6 rings (SSSR count). The van der Waals surface area contributed by atoms with Gasteiger partial charge >= 0.3 is 6.16 Å². The number of aliphatic hydroxyl groups is 1. The third kappa shape index (κ3) is 2.73. The monoisotopic (exact) mass is 441 g/mol. The van der Waals surface area contributed by atoms with Crippen LogP contribution in [0.5, 0.6) is 11.5 Å². The van der Waals surface area contributed by atoms with Crippen LogP contribution in [0.25, 0.3) is 0 Å². The molecule has 1 N–H and O–H groups in total. The van der Waals surface area contributed by atoms with E-state index in [0.717, 1.165) is 30.1 Å². The highest BCUT2D eigenvalue weighted by Gasteiger charge is 2.73. The highest BCUT2D eigenvalue weighted by atomic mass is 16.7. The Morgan fingerprint density at radius 3 is 2.78 bits per heavy atom. The number of benzene rings is 1. The molecule has 3 fully saturated rings. The summed E-state index contributed by atoms with van der Waals surface area (Å²) in [6, 6.07) is 3.69. The first-order chi connectivity index (χ1) is 15.1. The zero-order chi connectivity index (χ0) is 22.5. The molecule has 0 unspecified atom stereocenters. The lowest BCUT2D eigenvalue weighted by Crippen LogP contribution is -2.76. The summed E-state index contributed by atoms with van der Waals surface area (Å²) in [5.74, 6) is 1.45. The molecule has 4 atom stereocenters. The van der Waals surface area contributed by atoms with Crippen molar-refractivity contribution in [1.82, 2.24) is 4.90 Å². The minimum absolute atomic E-state index is 0.0212. The predicted molar refractivity (Wildman–Crippen MR) is 115 cm³/mol. The third-order valence-electron chi connectivity index (χ3n) is 8.13. The molecule has 3 aliphatic carbocycles. The lowest BCUT2D eigenvalue weighted by Gasteiger charge is -2.62. The van der Waals surface area contributed by atoms with E-state index >= 15 is 0 Å². The second-order valence-corrected chi connectivity index (χ2v) is 11.3. The van der Waals surface area contributed by atoms with Crippen LogP contribution in [-0.4, -0.2) is 58.4 Å². The number of hydrogen-bond acceptors (Lipinski definition) is 7. The lowest BCUT2D eigenvalue weighted by atomic mass is 9.49. The lowest BCUT2D eigenvalue weighted by molar-refractivity contribution is -0.188. The van der Waals surface area contributed by atoms with Gasteiger partial charge in [0, 0.05) is 24.6 Å². The molecule has 32 heavy (non-hydrogen) atoms. The van der Waals surface area contributed by atoms with Crippen LogP contribution < -0.4 is 9.47 Å². The number of rotatable bonds is 3. The number of nitrogens with zero attached hydrogens (tertiary/aromatic N) is 1. The van der Waals surface area contributed by atoms with Crippen molar-refractivity contribution in [2.24, 2.45) is 5.92 Å². The largest absolute Gasteiger partial charge is 0.514 e. The number of likely N-dealkylation sites (tertiary alicyclic amines) is 1. The molecule has 0 amide bonds. The summed E-state index contributed by atoms with van der Waals surface area (Å²) in [7, 11) is 0. The molecule has 0 radical (unpaired) electrons. The number of ether oxygens (including phenoxy) is 3. The molecule has 7 heteroatoms. The van der Waals surface area contributed by atoms with Crippen LogP contribution in [0.15, 0.2) is 12.1 Å². The maximum atomic E-state index is 13.1. The van der Waals surface area contributed by atoms with Crippen molar-refractivity contribution in [1.29, 1.82) is 0 Å². The molecular formula is C25H31NO6. The van der Waals surface area contributed by atoms with Gasteiger partial charge in [0.05, 0.1) is 11.0 Å². The molecular weight excluding hydrogens is 410 g/mol. The fourth-order valence-corrected chi connectivity index (χ4v) is 6.69. The maximum absolute atomic E-state index is 13.1. The van der Waals surface area contributed by atoms with E-state index < -0.39 is 28.9 Å². The Balaban J connectivity index is 1.44. The molecule has 7 nitrogen and oxygen atoms in total. The van der Waals surface area contributed by atoms with Gasteiger partial charge in [0.1, 0.15) is 5.60 Å². The molecule has 172 valence electrons. The maximum Gasteiger partial charge on any atom is 0.514 e. The summed E-state index contributed by atoms with van der Waals surface area (Å²) in [5, 5.41) is 12.3. The first-order valence-corrected chi connectivity index (χ1v) is 11.9. The number of Topliss-reactive ketones (excluding diaryl/α,β-unsaturated/α-hetero) is 1. The van der Waals surface area contributed by atoms with E-state index in [4.69, 9.17) is 14.2 Å². The van der Waals surface area contributed by atoms with E-state index in [-0.39, 0.29) is 17.6 Å². The molecule has 5 aliphatic rings. The van der Waals surface area contributed by atoms with Crippen molar-refractivity contribution < 1.29 is 28.9 Å². The molecule has 1 aromatic rings. The predicted octanol–water partition coefficient (Wildman–Crippen LogP) is 3.13. The second-order valence-electron chi connectivity index (χ2n) is 11.3. The van der Waals surface area contributed by atoms with E-state index in [0.29, 0.717) is 31.4 Å². The van der Waals surface area contributed by atoms with Crippen LogP contribution in [0.3, 0.4) is 0 Å². The van der Waals surface area contributed by atoms with E-state index in [2.05, 4.69) is 4.90 Å². The van der Waals surface area contributed by atoms with Crippen LogP contribution in [0.1, 0.15) is 64.0 Å². The van der Waals surface area contributed by atoms with Crippen LogP contribution in [0.4, 0.5) is 4.79 Å². The fourth-order valence-electron chi connectivity index (χ4n) is 6.69. The Kier molecular flexibility index (Phi) is 4.14. The van der Waals surface area contributed by atoms with Crippen molar-refractivity contribution in [3.05, 3.63) is 23.3 Å². The standard InChI is InChI=1S/C25H31NO6/c1-23(2,3)32-22(28)30-17-7-6-15-12-18-25(29)9-8-16(27)21-24(25,19(15)20(17)31-21)10-11-26(18)13-14-4-5-14/h6-7,14,18,21,29H,4-5,8-13H2,1-3H3/t18-,21+,24+,25-/m1/s1. The number of carbonyl (C=O) groups is 2. The first kappa shape index (κ1) is 20.5. The third-order valence-corrected chi connectivity index (χ3v) is 8.13. The Bertz CT molecular complexity index is 1010. The highest BCUT2D eigenvalue weighted by molar-refractivity contribution is 5.90. The van der Waals surface area contributed by atoms with E-state index in [1.54, 1.807) is 26.8 Å². The molecule has 1 saturated heterocycles. The summed E-state index contributed by atoms with van der Waals surface area (Å²) in [6.45, 7) is 7.19.